The van der Waals surface area contributed by atoms with Crippen molar-refractivity contribution in [3.8, 4) is 0 Å². The zero-order chi connectivity index (χ0) is 13.7. The zero-order valence-electron chi connectivity index (χ0n) is 10.4. The second-order valence-corrected chi connectivity index (χ2v) is 4.81. The fraction of sp³-hybridized carbons (Fsp3) is 0.143. The monoisotopic (exact) mass is 320 g/mol. The molecule has 0 aliphatic carbocycles. The minimum Gasteiger partial charge on any atom is -0.465 e. The second kappa shape index (κ2) is 6.33. The van der Waals surface area contributed by atoms with E-state index in [1.54, 1.807) is 18.3 Å². The molecule has 1 N–H and O–H groups in total. The number of esters is 1. The van der Waals surface area contributed by atoms with E-state index in [1.807, 2.05) is 24.3 Å². The van der Waals surface area contributed by atoms with Crippen LogP contribution < -0.4 is 5.32 Å². The summed E-state index contributed by atoms with van der Waals surface area (Å²) in [6, 6.07) is 11.0. The third-order valence-electron chi connectivity index (χ3n) is 2.57. The van der Waals surface area contributed by atoms with Crippen LogP contribution in [0, 0.1) is 0 Å². The highest BCUT2D eigenvalue weighted by Crippen LogP contribution is 2.12. The first-order valence-electron chi connectivity index (χ1n) is 5.72. The van der Waals surface area contributed by atoms with E-state index in [0.29, 0.717) is 12.1 Å². The zero-order valence-corrected chi connectivity index (χ0v) is 12.0. The molecule has 2 aromatic rings. The van der Waals surface area contributed by atoms with Gasteiger partial charge < -0.3 is 10.1 Å². The van der Waals surface area contributed by atoms with E-state index in [1.165, 1.54) is 7.11 Å². The van der Waals surface area contributed by atoms with Crippen molar-refractivity contribution in [1.82, 2.24) is 4.98 Å². The number of benzene rings is 1. The van der Waals surface area contributed by atoms with E-state index in [0.717, 1.165) is 15.9 Å². The summed E-state index contributed by atoms with van der Waals surface area (Å²) in [7, 11) is 1.37. The van der Waals surface area contributed by atoms with Gasteiger partial charge in [-0.15, -0.1) is 0 Å². The smallest absolute Gasteiger partial charge is 0.337 e. The standard InChI is InChI=1S/C14H13BrN2O2/c1-19-14(18)10-2-5-12(6-3-10)17-9-13-7-4-11(15)8-16-13/h2-8,17H,9H2,1H3. The Morgan fingerprint density at radius 2 is 2.00 bits per heavy atom. The summed E-state index contributed by atoms with van der Waals surface area (Å²) >= 11 is 3.34. The topological polar surface area (TPSA) is 51.2 Å². The SMILES string of the molecule is COC(=O)c1ccc(NCc2ccc(Br)cn2)cc1. The van der Waals surface area contributed by atoms with E-state index < -0.39 is 0 Å². The third-order valence-corrected chi connectivity index (χ3v) is 3.04. The Morgan fingerprint density at radius 1 is 1.26 bits per heavy atom. The van der Waals surface area contributed by atoms with E-state index in [4.69, 9.17) is 0 Å². The highest BCUT2D eigenvalue weighted by Gasteiger charge is 2.04. The van der Waals surface area contributed by atoms with Crippen LogP contribution >= 0.6 is 15.9 Å². The molecule has 1 heterocycles. The number of anilines is 1. The third kappa shape index (κ3) is 3.79. The molecule has 19 heavy (non-hydrogen) atoms. The van der Waals surface area contributed by atoms with Crippen molar-refractivity contribution in [2.24, 2.45) is 0 Å². The van der Waals surface area contributed by atoms with Gasteiger partial charge in [0.05, 0.1) is 24.9 Å². The summed E-state index contributed by atoms with van der Waals surface area (Å²) < 4.78 is 5.60. The Morgan fingerprint density at radius 3 is 2.58 bits per heavy atom. The van der Waals surface area contributed by atoms with Gasteiger partial charge in [-0.25, -0.2) is 4.79 Å². The summed E-state index contributed by atoms with van der Waals surface area (Å²) in [5.41, 5.74) is 2.41. The van der Waals surface area contributed by atoms with E-state index >= 15 is 0 Å². The van der Waals surface area contributed by atoms with E-state index in [-0.39, 0.29) is 5.97 Å². The number of hydrogen-bond acceptors (Lipinski definition) is 4. The molecule has 2 rings (SSSR count). The number of carbonyl (C=O) groups is 1. The van der Waals surface area contributed by atoms with Gasteiger partial charge in [0.2, 0.25) is 0 Å². The minimum absolute atomic E-state index is 0.332. The van der Waals surface area contributed by atoms with Gasteiger partial charge in [0.15, 0.2) is 0 Å². The van der Waals surface area contributed by atoms with Gasteiger partial charge in [-0.05, 0) is 52.3 Å². The lowest BCUT2D eigenvalue weighted by Crippen LogP contribution is -2.03. The molecule has 98 valence electrons. The lowest BCUT2D eigenvalue weighted by atomic mass is 10.2. The van der Waals surface area contributed by atoms with Crippen molar-refractivity contribution in [1.29, 1.82) is 0 Å². The summed E-state index contributed by atoms with van der Waals surface area (Å²) in [5.74, 6) is -0.332. The molecule has 5 heteroatoms. The number of nitrogens with one attached hydrogen (secondary N) is 1. The van der Waals surface area contributed by atoms with Crippen molar-refractivity contribution in [2.45, 2.75) is 6.54 Å². The van der Waals surface area contributed by atoms with Gasteiger partial charge in [-0.1, -0.05) is 0 Å². The number of methoxy groups -OCH3 is 1. The number of rotatable bonds is 4. The van der Waals surface area contributed by atoms with Gasteiger partial charge in [-0.2, -0.15) is 0 Å². The molecule has 0 unspecified atom stereocenters. The van der Waals surface area contributed by atoms with Gasteiger partial charge >= 0.3 is 5.97 Å². The van der Waals surface area contributed by atoms with Gasteiger partial charge in [0, 0.05) is 16.4 Å². The molecular weight excluding hydrogens is 308 g/mol. The second-order valence-electron chi connectivity index (χ2n) is 3.89. The molecule has 0 aliphatic heterocycles. The first-order valence-corrected chi connectivity index (χ1v) is 6.51. The molecule has 0 fully saturated rings. The summed E-state index contributed by atoms with van der Waals surface area (Å²) in [6.07, 6.45) is 1.76. The molecule has 0 saturated carbocycles. The van der Waals surface area contributed by atoms with E-state index in [2.05, 4.69) is 31.0 Å². The number of pyridine rings is 1. The molecule has 0 atom stereocenters. The Balaban J connectivity index is 1.96. The van der Waals surface area contributed by atoms with Crippen LogP contribution in [0.15, 0.2) is 47.1 Å². The first kappa shape index (κ1) is 13.5. The van der Waals surface area contributed by atoms with Crippen LogP contribution in [0.5, 0.6) is 0 Å². The average molecular weight is 321 g/mol. The van der Waals surface area contributed by atoms with Gasteiger partial charge in [0.1, 0.15) is 0 Å². The van der Waals surface area contributed by atoms with Crippen LogP contribution in [0.4, 0.5) is 5.69 Å². The van der Waals surface area contributed by atoms with Crippen molar-refractivity contribution in [3.63, 3.8) is 0 Å². The number of ether oxygens (including phenoxy) is 1. The highest BCUT2D eigenvalue weighted by molar-refractivity contribution is 9.10. The van der Waals surface area contributed by atoms with Crippen LogP contribution in [0.3, 0.4) is 0 Å². The Kier molecular flexibility index (Phi) is 4.52. The Hall–Kier alpha value is -1.88. The molecule has 1 aromatic carbocycles. The normalized spacial score (nSPS) is 10.0. The molecule has 1 aromatic heterocycles. The molecule has 0 spiro atoms. The predicted octanol–water partition coefficient (Wildman–Crippen LogP) is 3.24. The Labute approximate surface area is 119 Å². The number of hydrogen-bond donors (Lipinski definition) is 1. The molecule has 0 radical (unpaired) electrons. The van der Waals surface area contributed by atoms with E-state index in [9.17, 15) is 4.79 Å². The molecule has 0 aliphatic rings. The van der Waals surface area contributed by atoms with Crippen LogP contribution in [0.25, 0.3) is 0 Å². The lowest BCUT2D eigenvalue weighted by molar-refractivity contribution is 0.0601. The molecule has 0 bridgehead atoms. The average Bonchev–Trinajstić information content (AvgIpc) is 2.46. The van der Waals surface area contributed by atoms with Crippen LogP contribution in [-0.4, -0.2) is 18.1 Å². The summed E-state index contributed by atoms with van der Waals surface area (Å²) in [5, 5.41) is 3.23. The van der Waals surface area contributed by atoms with Crippen molar-refractivity contribution in [2.75, 3.05) is 12.4 Å². The van der Waals surface area contributed by atoms with Crippen molar-refractivity contribution >= 4 is 27.6 Å². The van der Waals surface area contributed by atoms with Crippen molar-refractivity contribution in [3.05, 3.63) is 58.3 Å². The number of aromatic nitrogens is 1. The van der Waals surface area contributed by atoms with Crippen LogP contribution in [0.1, 0.15) is 16.1 Å². The van der Waals surface area contributed by atoms with Gasteiger partial charge in [-0.3, -0.25) is 4.98 Å². The Bertz CT molecular complexity index is 553. The fourth-order valence-corrected chi connectivity index (χ4v) is 1.78. The number of halogens is 1. The highest BCUT2D eigenvalue weighted by atomic mass is 79.9. The number of nitrogens with zero attached hydrogens (tertiary/aromatic N) is 1. The van der Waals surface area contributed by atoms with Crippen molar-refractivity contribution < 1.29 is 9.53 Å². The number of carbonyl (C=O) groups excluding carboxylic acids is 1. The molecule has 0 saturated heterocycles. The molecular formula is C14H13BrN2O2. The minimum atomic E-state index is -0.332. The predicted molar refractivity (Wildman–Crippen MR) is 77.0 cm³/mol. The maximum atomic E-state index is 11.3. The summed E-state index contributed by atoms with van der Waals surface area (Å²) in [4.78, 5) is 15.5. The van der Waals surface area contributed by atoms with Crippen LogP contribution in [-0.2, 0) is 11.3 Å². The van der Waals surface area contributed by atoms with Gasteiger partial charge in [0.25, 0.3) is 0 Å². The summed E-state index contributed by atoms with van der Waals surface area (Å²) in [6.45, 7) is 0.630. The fourth-order valence-electron chi connectivity index (χ4n) is 1.55. The maximum absolute atomic E-state index is 11.3. The maximum Gasteiger partial charge on any atom is 0.337 e. The largest absolute Gasteiger partial charge is 0.465 e. The quantitative estimate of drug-likeness (QED) is 0.879. The first-order chi connectivity index (χ1) is 9.19. The lowest BCUT2D eigenvalue weighted by Gasteiger charge is -2.06. The molecule has 0 amide bonds. The van der Waals surface area contributed by atoms with Crippen LogP contribution in [0.2, 0.25) is 0 Å². The molecule has 4 nitrogen and oxygen atoms in total.